The molecule has 19 heavy (non-hydrogen) atoms. The van der Waals surface area contributed by atoms with Gasteiger partial charge in [0.15, 0.2) is 11.5 Å². The van der Waals surface area contributed by atoms with Crippen molar-refractivity contribution in [2.75, 3.05) is 27.9 Å². The summed E-state index contributed by atoms with van der Waals surface area (Å²) in [6.07, 6.45) is 0.878. The van der Waals surface area contributed by atoms with Crippen LogP contribution in [0.4, 0.5) is 0 Å². The molecule has 0 N–H and O–H groups in total. The van der Waals surface area contributed by atoms with E-state index in [2.05, 4.69) is 4.74 Å². The van der Waals surface area contributed by atoms with Crippen LogP contribution in [0.5, 0.6) is 17.2 Å². The topological polar surface area (TPSA) is 54.0 Å². The highest BCUT2D eigenvalue weighted by Crippen LogP contribution is 2.38. The molecule has 0 aliphatic rings. The van der Waals surface area contributed by atoms with E-state index in [1.165, 1.54) is 7.11 Å². The molecule has 5 heteroatoms. The van der Waals surface area contributed by atoms with Gasteiger partial charge in [0.1, 0.15) is 0 Å². The van der Waals surface area contributed by atoms with E-state index in [-0.39, 0.29) is 5.97 Å². The Morgan fingerprint density at radius 1 is 1.11 bits per heavy atom. The number of benzene rings is 1. The Labute approximate surface area is 113 Å². The van der Waals surface area contributed by atoms with Crippen molar-refractivity contribution in [3.05, 3.63) is 17.7 Å². The van der Waals surface area contributed by atoms with E-state index in [4.69, 9.17) is 14.2 Å². The van der Waals surface area contributed by atoms with E-state index >= 15 is 0 Å². The Morgan fingerprint density at radius 3 is 2.11 bits per heavy atom. The van der Waals surface area contributed by atoms with Gasteiger partial charge in [-0.25, -0.2) is 0 Å². The maximum atomic E-state index is 11.2. The monoisotopic (exact) mass is 268 g/mol. The molecule has 106 valence electrons. The molecule has 0 fully saturated rings. The zero-order valence-corrected chi connectivity index (χ0v) is 11.8. The van der Waals surface area contributed by atoms with E-state index in [1.807, 2.05) is 19.1 Å². The normalized spacial score (nSPS) is 9.89. The summed E-state index contributed by atoms with van der Waals surface area (Å²) in [5.74, 6) is 1.53. The van der Waals surface area contributed by atoms with E-state index in [0.717, 1.165) is 5.56 Å². The fourth-order valence-electron chi connectivity index (χ4n) is 1.71. The third-order valence-electron chi connectivity index (χ3n) is 2.65. The van der Waals surface area contributed by atoms with Crippen molar-refractivity contribution < 1.29 is 23.7 Å². The zero-order chi connectivity index (χ0) is 14.3. The standard InChI is InChI=1S/C14H20O5/c1-5-19-14-11(16-2)8-10(9-12(14)17-3)6-7-13(15)18-4/h8-9H,5-7H2,1-4H3. The molecule has 0 aliphatic heterocycles. The lowest BCUT2D eigenvalue weighted by molar-refractivity contribution is -0.140. The molecule has 0 radical (unpaired) electrons. The average Bonchev–Trinajstić information content (AvgIpc) is 2.45. The van der Waals surface area contributed by atoms with E-state index in [0.29, 0.717) is 36.7 Å². The summed E-state index contributed by atoms with van der Waals surface area (Å²) in [5.41, 5.74) is 0.933. The number of hydrogen-bond donors (Lipinski definition) is 0. The van der Waals surface area contributed by atoms with E-state index in [9.17, 15) is 4.79 Å². The summed E-state index contributed by atoms with van der Waals surface area (Å²) in [7, 11) is 4.52. The first kappa shape index (κ1) is 15.1. The van der Waals surface area contributed by atoms with Gasteiger partial charge in [-0.3, -0.25) is 4.79 Å². The fraction of sp³-hybridized carbons (Fsp3) is 0.500. The second-order valence-electron chi connectivity index (χ2n) is 3.84. The van der Waals surface area contributed by atoms with Crippen molar-refractivity contribution in [1.29, 1.82) is 0 Å². The third-order valence-corrected chi connectivity index (χ3v) is 2.65. The molecule has 0 spiro atoms. The molecule has 0 amide bonds. The molecule has 1 rings (SSSR count). The van der Waals surface area contributed by atoms with Crippen LogP contribution in [-0.4, -0.2) is 33.9 Å². The summed E-state index contributed by atoms with van der Waals surface area (Å²) in [5, 5.41) is 0. The van der Waals surface area contributed by atoms with Crippen LogP contribution in [0, 0.1) is 0 Å². The van der Waals surface area contributed by atoms with Gasteiger partial charge in [-0.2, -0.15) is 0 Å². The number of hydrogen-bond acceptors (Lipinski definition) is 5. The van der Waals surface area contributed by atoms with Crippen LogP contribution in [0.2, 0.25) is 0 Å². The third kappa shape index (κ3) is 4.05. The van der Waals surface area contributed by atoms with Gasteiger partial charge in [-0.05, 0) is 31.0 Å². The minimum absolute atomic E-state index is 0.244. The van der Waals surface area contributed by atoms with Gasteiger partial charge < -0.3 is 18.9 Å². The van der Waals surface area contributed by atoms with Gasteiger partial charge in [0, 0.05) is 6.42 Å². The SMILES string of the molecule is CCOc1c(OC)cc(CCC(=O)OC)cc1OC. The smallest absolute Gasteiger partial charge is 0.305 e. The summed E-state index contributed by atoms with van der Waals surface area (Å²) < 4.78 is 20.7. The van der Waals surface area contributed by atoms with Gasteiger partial charge in [-0.15, -0.1) is 0 Å². The molecule has 0 atom stereocenters. The maximum Gasteiger partial charge on any atom is 0.305 e. The first-order valence-corrected chi connectivity index (χ1v) is 6.10. The Morgan fingerprint density at radius 2 is 1.68 bits per heavy atom. The van der Waals surface area contributed by atoms with Crippen LogP contribution in [0.3, 0.4) is 0 Å². The molecule has 1 aromatic rings. The second kappa shape index (κ2) is 7.51. The van der Waals surface area contributed by atoms with Crippen molar-refractivity contribution >= 4 is 5.97 Å². The van der Waals surface area contributed by atoms with E-state index < -0.39 is 0 Å². The minimum atomic E-state index is -0.244. The number of aryl methyl sites for hydroxylation is 1. The summed E-state index contributed by atoms with van der Waals surface area (Å²) in [4.78, 5) is 11.2. The van der Waals surface area contributed by atoms with Crippen molar-refractivity contribution in [3.8, 4) is 17.2 Å². The lowest BCUT2D eigenvalue weighted by atomic mass is 10.1. The first-order chi connectivity index (χ1) is 9.15. The van der Waals surface area contributed by atoms with Gasteiger partial charge >= 0.3 is 5.97 Å². The fourth-order valence-corrected chi connectivity index (χ4v) is 1.71. The van der Waals surface area contributed by atoms with Crippen molar-refractivity contribution in [2.24, 2.45) is 0 Å². The zero-order valence-electron chi connectivity index (χ0n) is 11.8. The highest BCUT2D eigenvalue weighted by molar-refractivity contribution is 5.69. The Balaban J connectivity index is 2.98. The molecule has 5 nitrogen and oxygen atoms in total. The molecule has 0 aromatic heterocycles. The molecular weight excluding hydrogens is 248 g/mol. The Bertz CT molecular complexity index is 403. The number of rotatable bonds is 7. The van der Waals surface area contributed by atoms with Crippen molar-refractivity contribution in [1.82, 2.24) is 0 Å². The van der Waals surface area contributed by atoms with Crippen molar-refractivity contribution in [3.63, 3.8) is 0 Å². The molecule has 0 unspecified atom stereocenters. The number of methoxy groups -OCH3 is 3. The van der Waals surface area contributed by atoms with Crippen LogP contribution >= 0.6 is 0 Å². The second-order valence-corrected chi connectivity index (χ2v) is 3.84. The lowest BCUT2D eigenvalue weighted by Crippen LogP contribution is -2.03. The summed E-state index contributed by atoms with van der Waals surface area (Å²) in [6.45, 7) is 2.41. The quantitative estimate of drug-likeness (QED) is 0.710. The van der Waals surface area contributed by atoms with Crippen LogP contribution in [-0.2, 0) is 16.0 Å². The number of carbonyl (C=O) groups is 1. The number of carbonyl (C=O) groups excluding carboxylic acids is 1. The summed E-state index contributed by atoms with van der Waals surface area (Å²) in [6, 6.07) is 3.69. The highest BCUT2D eigenvalue weighted by Gasteiger charge is 2.14. The van der Waals surface area contributed by atoms with Gasteiger partial charge in [0.2, 0.25) is 5.75 Å². The van der Waals surface area contributed by atoms with E-state index in [1.54, 1.807) is 14.2 Å². The predicted molar refractivity (Wildman–Crippen MR) is 71.1 cm³/mol. The van der Waals surface area contributed by atoms with Crippen LogP contribution in [0.1, 0.15) is 18.9 Å². The molecule has 0 bridgehead atoms. The Kier molecular flexibility index (Phi) is 5.99. The first-order valence-electron chi connectivity index (χ1n) is 6.10. The lowest BCUT2D eigenvalue weighted by Gasteiger charge is -2.15. The molecular formula is C14H20O5. The molecule has 1 aromatic carbocycles. The highest BCUT2D eigenvalue weighted by atomic mass is 16.5. The molecule has 0 saturated heterocycles. The maximum absolute atomic E-state index is 11.2. The average molecular weight is 268 g/mol. The van der Waals surface area contributed by atoms with Gasteiger partial charge in [0.25, 0.3) is 0 Å². The summed E-state index contributed by atoms with van der Waals surface area (Å²) >= 11 is 0. The van der Waals surface area contributed by atoms with Crippen LogP contribution in [0.25, 0.3) is 0 Å². The van der Waals surface area contributed by atoms with Crippen molar-refractivity contribution in [2.45, 2.75) is 19.8 Å². The largest absolute Gasteiger partial charge is 0.493 e. The predicted octanol–water partition coefficient (Wildman–Crippen LogP) is 2.21. The van der Waals surface area contributed by atoms with Gasteiger partial charge in [0.05, 0.1) is 27.9 Å². The Hall–Kier alpha value is -1.91. The molecule has 0 aliphatic carbocycles. The van der Waals surface area contributed by atoms with Crippen LogP contribution in [0.15, 0.2) is 12.1 Å². The molecule has 0 saturated carbocycles. The molecule has 0 heterocycles. The number of esters is 1. The minimum Gasteiger partial charge on any atom is -0.493 e. The number of ether oxygens (including phenoxy) is 4. The van der Waals surface area contributed by atoms with Gasteiger partial charge in [-0.1, -0.05) is 0 Å². The van der Waals surface area contributed by atoms with Crippen LogP contribution < -0.4 is 14.2 Å².